The van der Waals surface area contributed by atoms with Crippen LogP contribution in [0.1, 0.15) is 32.6 Å². The van der Waals surface area contributed by atoms with Crippen molar-refractivity contribution in [1.82, 2.24) is 20.0 Å². The van der Waals surface area contributed by atoms with E-state index in [0.717, 1.165) is 30.9 Å². The average molecular weight is 322 g/mol. The van der Waals surface area contributed by atoms with Gasteiger partial charge in [0.25, 0.3) is 0 Å². The summed E-state index contributed by atoms with van der Waals surface area (Å²) in [5.41, 5.74) is 0. The van der Waals surface area contributed by atoms with Crippen LogP contribution in [0.2, 0.25) is 0 Å². The van der Waals surface area contributed by atoms with Crippen LogP contribution >= 0.6 is 0 Å². The largest absolute Gasteiger partial charge is 0.355 e. The first-order valence-corrected chi connectivity index (χ1v) is 9.54. The maximum atomic E-state index is 4.51. The molecule has 4 aliphatic rings. The molecule has 0 amide bonds. The molecule has 0 aromatic rings. The van der Waals surface area contributed by atoms with E-state index in [4.69, 9.17) is 0 Å². The summed E-state index contributed by atoms with van der Waals surface area (Å²) in [6, 6.07) is 0.651. The van der Waals surface area contributed by atoms with Gasteiger partial charge in [-0.3, -0.25) is 14.8 Å². The molecule has 0 radical (unpaired) electrons. The molecule has 0 spiro atoms. The van der Waals surface area contributed by atoms with Gasteiger partial charge in [-0.2, -0.15) is 0 Å². The number of nitrogens with one attached hydrogen (secondary N) is 1. The number of hydrogen-bond acceptors (Lipinski definition) is 3. The molecule has 1 unspecified atom stereocenters. The molecular formula is C18H35N5. The van der Waals surface area contributed by atoms with Gasteiger partial charge >= 0.3 is 0 Å². The van der Waals surface area contributed by atoms with Gasteiger partial charge < -0.3 is 10.2 Å². The minimum absolute atomic E-state index is 0.651. The Bertz CT molecular complexity index is 394. The first kappa shape index (κ1) is 17.0. The molecule has 5 nitrogen and oxygen atoms in total. The monoisotopic (exact) mass is 321 g/mol. The molecule has 3 heterocycles. The highest BCUT2D eigenvalue weighted by Gasteiger charge is 2.31. The first-order chi connectivity index (χ1) is 11.2. The van der Waals surface area contributed by atoms with Gasteiger partial charge in [0.05, 0.1) is 0 Å². The summed E-state index contributed by atoms with van der Waals surface area (Å²) < 4.78 is 0. The van der Waals surface area contributed by atoms with Crippen molar-refractivity contribution in [2.45, 2.75) is 38.6 Å². The fraction of sp³-hybridized carbons (Fsp3) is 0.944. The van der Waals surface area contributed by atoms with Crippen LogP contribution in [0.3, 0.4) is 0 Å². The lowest BCUT2D eigenvalue weighted by atomic mass is 9.83. The number of guanidine groups is 1. The zero-order chi connectivity index (χ0) is 16.2. The molecule has 1 aliphatic carbocycles. The predicted molar refractivity (Wildman–Crippen MR) is 96.9 cm³/mol. The molecule has 4 rings (SSSR count). The average Bonchev–Trinajstić information content (AvgIpc) is 2.58. The fourth-order valence-corrected chi connectivity index (χ4v) is 4.50. The first-order valence-electron chi connectivity index (χ1n) is 9.54. The molecule has 23 heavy (non-hydrogen) atoms. The summed E-state index contributed by atoms with van der Waals surface area (Å²) in [7, 11) is 4.11. The van der Waals surface area contributed by atoms with E-state index in [9.17, 15) is 0 Å². The SMILES string of the molecule is CN=C(NCC1CN2CCN1CC2)N(C)CC1CCC(C)CC1. The van der Waals surface area contributed by atoms with Crippen LogP contribution in [0.25, 0.3) is 0 Å². The minimum Gasteiger partial charge on any atom is -0.355 e. The van der Waals surface area contributed by atoms with Crippen LogP contribution < -0.4 is 5.32 Å². The summed E-state index contributed by atoms with van der Waals surface area (Å²) in [6.07, 6.45) is 5.57. The molecule has 3 saturated heterocycles. The van der Waals surface area contributed by atoms with Gasteiger partial charge in [0.2, 0.25) is 0 Å². The Labute approximate surface area is 142 Å². The summed E-state index contributed by atoms with van der Waals surface area (Å²) in [4.78, 5) is 12.1. The number of nitrogens with zero attached hydrogens (tertiary/aromatic N) is 4. The third-order valence-corrected chi connectivity index (χ3v) is 6.13. The molecule has 4 fully saturated rings. The number of rotatable bonds is 4. The smallest absolute Gasteiger partial charge is 0.193 e. The zero-order valence-electron chi connectivity index (χ0n) is 15.3. The summed E-state index contributed by atoms with van der Waals surface area (Å²) in [5.74, 6) is 2.84. The van der Waals surface area contributed by atoms with Crippen LogP contribution in [0.5, 0.6) is 0 Å². The van der Waals surface area contributed by atoms with E-state index in [1.54, 1.807) is 0 Å². The second-order valence-electron chi connectivity index (χ2n) is 7.92. The fourth-order valence-electron chi connectivity index (χ4n) is 4.50. The molecule has 0 aromatic carbocycles. The zero-order valence-corrected chi connectivity index (χ0v) is 15.3. The Balaban J connectivity index is 1.44. The van der Waals surface area contributed by atoms with Crippen molar-refractivity contribution in [3.63, 3.8) is 0 Å². The molecule has 1 atom stereocenters. The van der Waals surface area contributed by atoms with Crippen LogP contribution in [0.15, 0.2) is 4.99 Å². The Kier molecular flexibility index (Phi) is 5.81. The Morgan fingerprint density at radius 3 is 2.39 bits per heavy atom. The second-order valence-corrected chi connectivity index (χ2v) is 7.92. The van der Waals surface area contributed by atoms with Gasteiger partial charge in [-0.25, -0.2) is 0 Å². The number of piperazine rings is 3. The molecule has 132 valence electrons. The van der Waals surface area contributed by atoms with Gasteiger partial charge in [-0.1, -0.05) is 19.8 Å². The van der Waals surface area contributed by atoms with Crippen molar-refractivity contribution >= 4 is 5.96 Å². The highest BCUT2D eigenvalue weighted by Crippen LogP contribution is 2.28. The van der Waals surface area contributed by atoms with E-state index in [0.29, 0.717) is 6.04 Å². The van der Waals surface area contributed by atoms with E-state index in [1.807, 2.05) is 7.05 Å². The molecule has 5 heteroatoms. The molecule has 3 aliphatic heterocycles. The maximum Gasteiger partial charge on any atom is 0.193 e. The normalized spacial score (nSPS) is 37.7. The lowest BCUT2D eigenvalue weighted by Gasteiger charge is -2.47. The van der Waals surface area contributed by atoms with Crippen molar-refractivity contribution in [2.75, 3.05) is 59.9 Å². The number of aliphatic imine (C=N–C) groups is 1. The highest BCUT2D eigenvalue weighted by atomic mass is 15.4. The lowest BCUT2D eigenvalue weighted by molar-refractivity contribution is 0.0152. The third kappa shape index (κ3) is 4.38. The highest BCUT2D eigenvalue weighted by molar-refractivity contribution is 5.79. The van der Waals surface area contributed by atoms with Crippen molar-refractivity contribution < 1.29 is 0 Å². The van der Waals surface area contributed by atoms with Gasteiger partial charge in [-0.05, 0) is 24.7 Å². The van der Waals surface area contributed by atoms with Crippen LogP contribution in [-0.4, -0.2) is 86.6 Å². The van der Waals surface area contributed by atoms with E-state index >= 15 is 0 Å². The summed E-state index contributed by atoms with van der Waals surface area (Å²) in [6.45, 7) is 10.8. The summed E-state index contributed by atoms with van der Waals surface area (Å²) >= 11 is 0. The van der Waals surface area contributed by atoms with Crippen LogP contribution in [-0.2, 0) is 0 Å². The van der Waals surface area contributed by atoms with Gasteiger partial charge in [0.1, 0.15) is 0 Å². The van der Waals surface area contributed by atoms with E-state index in [-0.39, 0.29) is 0 Å². The molecule has 2 bridgehead atoms. The maximum absolute atomic E-state index is 4.51. The van der Waals surface area contributed by atoms with E-state index in [2.05, 4.69) is 39.0 Å². The van der Waals surface area contributed by atoms with Gasteiger partial charge in [0, 0.05) is 66.0 Å². The van der Waals surface area contributed by atoms with Gasteiger partial charge in [-0.15, -0.1) is 0 Å². The van der Waals surface area contributed by atoms with Crippen molar-refractivity contribution in [3.8, 4) is 0 Å². The molecule has 1 saturated carbocycles. The third-order valence-electron chi connectivity index (χ3n) is 6.13. The Hall–Kier alpha value is -0.810. The topological polar surface area (TPSA) is 34.1 Å². The molecular weight excluding hydrogens is 286 g/mol. The standard InChI is InChI=1S/C18H35N5/c1-15-4-6-16(7-5-15)13-21(3)18(19-2)20-12-17-14-22-8-10-23(17)11-9-22/h15-17H,4-14H2,1-3H3,(H,19,20). The Morgan fingerprint density at radius 1 is 1.13 bits per heavy atom. The van der Waals surface area contributed by atoms with E-state index in [1.165, 1.54) is 58.4 Å². The summed E-state index contributed by atoms with van der Waals surface area (Å²) in [5, 5.41) is 3.63. The van der Waals surface area contributed by atoms with Gasteiger partial charge in [0.15, 0.2) is 5.96 Å². The predicted octanol–water partition coefficient (Wildman–Crippen LogP) is 1.32. The minimum atomic E-state index is 0.651. The quantitative estimate of drug-likeness (QED) is 0.625. The Morgan fingerprint density at radius 2 is 1.83 bits per heavy atom. The van der Waals surface area contributed by atoms with Crippen LogP contribution in [0, 0.1) is 11.8 Å². The van der Waals surface area contributed by atoms with Crippen molar-refractivity contribution in [2.24, 2.45) is 16.8 Å². The molecule has 0 aromatic heterocycles. The number of hydrogen-bond donors (Lipinski definition) is 1. The van der Waals surface area contributed by atoms with Crippen LogP contribution in [0.4, 0.5) is 0 Å². The van der Waals surface area contributed by atoms with Crippen molar-refractivity contribution in [3.05, 3.63) is 0 Å². The van der Waals surface area contributed by atoms with E-state index < -0.39 is 0 Å². The molecule has 1 N–H and O–H groups in total. The second kappa shape index (κ2) is 7.84. The number of fused-ring (bicyclic) bond motifs is 3. The van der Waals surface area contributed by atoms with Crippen molar-refractivity contribution in [1.29, 1.82) is 0 Å². The lowest BCUT2D eigenvalue weighted by Crippen LogP contribution is -2.64.